The van der Waals surface area contributed by atoms with Gasteiger partial charge in [0.1, 0.15) is 0 Å². The van der Waals surface area contributed by atoms with Crippen molar-refractivity contribution in [1.82, 2.24) is 4.90 Å². The van der Waals surface area contributed by atoms with Crippen molar-refractivity contribution in [2.24, 2.45) is 0 Å². The van der Waals surface area contributed by atoms with Crippen LogP contribution in [0.1, 0.15) is 6.92 Å². The van der Waals surface area contributed by atoms with Gasteiger partial charge in [-0.25, -0.2) is 0 Å². The van der Waals surface area contributed by atoms with E-state index >= 15 is 0 Å². The van der Waals surface area contributed by atoms with Gasteiger partial charge in [0.25, 0.3) is 0 Å². The molecule has 0 amide bonds. The zero-order valence-electron chi connectivity index (χ0n) is 9.22. The third-order valence-electron chi connectivity index (χ3n) is 1.43. The molecule has 0 rings (SSSR count). The minimum absolute atomic E-state index is 0.870. The monoisotopic (exact) mass is 237 g/mol. The molecule has 6 heteroatoms. The van der Waals surface area contributed by atoms with E-state index in [1.807, 2.05) is 12.2 Å². The SMILES string of the molecule is C=CCN(CC)CC=C.COS(=O)(=O)O. The smallest absolute Gasteiger partial charge is 0.296 e. The highest BCUT2D eigenvalue weighted by atomic mass is 32.3. The molecule has 0 fully saturated rings. The van der Waals surface area contributed by atoms with E-state index in [0.29, 0.717) is 0 Å². The van der Waals surface area contributed by atoms with Gasteiger partial charge in [0.2, 0.25) is 0 Å². The summed E-state index contributed by atoms with van der Waals surface area (Å²) in [6.45, 7) is 12.4. The Balaban J connectivity index is 0. The fourth-order valence-electron chi connectivity index (χ4n) is 0.698. The fourth-order valence-corrected chi connectivity index (χ4v) is 0.698. The first-order valence-electron chi connectivity index (χ1n) is 4.38. The van der Waals surface area contributed by atoms with Gasteiger partial charge in [0.05, 0.1) is 7.11 Å². The Morgan fingerprint density at radius 2 is 1.67 bits per heavy atom. The van der Waals surface area contributed by atoms with Crippen LogP contribution < -0.4 is 0 Å². The second kappa shape index (κ2) is 9.85. The Labute approximate surface area is 92.0 Å². The molecule has 0 aromatic heterocycles. The molecule has 1 N–H and O–H groups in total. The van der Waals surface area contributed by atoms with Crippen molar-refractivity contribution in [3.8, 4) is 0 Å². The molecule has 5 nitrogen and oxygen atoms in total. The van der Waals surface area contributed by atoms with Crippen molar-refractivity contribution < 1.29 is 17.2 Å². The van der Waals surface area contributed by atoms with Crippen molar-refractivity contribution >= 4 is 10.4 Å². The average molecular weight is 237 g/mol. The summed E-state index contributed by atoms with van der Waals surface area (Å²) in [6.07, 6.45) is 3.82. The Morgan fingerprint density at radius 3 is 1.80 bits per heavy atom. The summed E-state index contributed by atoms with van der Waals surface area (Å²) in [7, 11) is -3.29. The number of hydrogen-bond acceptors (Lipinski definition) is 4. The second-order valence-corrected chi connectivity index (χ2v) is 3.71. The van der Waals surface area contributed by atoms with E-state index < -0.39 is 10.4 Å². The van der Waals surface area contributed by atoms with Crippen molar-refractivity contribution in [2.45, 2.75) is 6.92 Å². The highest BCUT2D eigenvalue weighted by molar-refractivity contribution is 7.80. The lowest BCUT2D eigenvalue weighted by atomic mass is 10.4. The number of nitrogens with zero attached hydrogens (tertiary/aromatic N) is 1. The molecule has 15 heavy (non-hydrogen) atoms. The van der Waals surface area contributed by atoms with Gasteiger partial charge in [-0.1, -0.05) is 19.1 Å². The maximum atomic E-state index is 9.33. The predicted molar refractivity (Wildman–Crippen MR) is 61.1 cm³/mol. The second-order valence-electron chi connectivity index (χ2n) is 2.52. The van der Waals surface area contributed by atoms with Gasteiger partial charge in [0.15, 0.2) is 0 Å². The van der Waals surface area contributed by atoms with Gasteiger partial charge < -0.3 is 0 Å². The highest BCUT2D eigenvalue weighted by Gasteiger charge is 1.94. The fraction of sp³-hybridized carbons (Fsp3) is 0.556. The molecular formula is C9H19NO4S. The van der Waals surface area contributed by atoms with Gasteiger partial charge in [0, 0.05) is 13.1 Å². The predicted octanol–water partition coefficient (Wildman–Crippen LogP) is 1.12. The van der Waals surface area contributed by atoms with Crippen LogP contribution in [0, 0.1) is 0 Å². The molecular weight excluding hydrogens is 218 g/mol. The molecule has 0 aliphatic carbocycles. The van der Waals surface area contributed by atoms with E-state index in [1.165, 1.54) is 0 Å². The number of hydrogen-bond donors (Lipinski definition) is 1. The molecule has 0 saturated carbocycles. The largest absolute Gasteiger partial charge is 0.397 e. The van der Waals surface area contributed by atoms with Crippen LogP contribution in [-0.2, 0) is 14.6 Å². The van der Waals surface area contributed by atoms with Gasteiger partial charge in [-0.2, -0.15) is 8.42 Å². The molecule has 0 saturated heterocycles. The van der Waals surface area contributed by atoms with Gasteiger partial charge in [-0.15, -0.1) is 13.2 Å². The van der Waals surface area contributed by atoms with Crippen LogP contribution in [0.3, 0.4) is 0 Å². The average Bonchev–Trinajstić information content (AvgIpc) is 2.17. The van der Waals surface area contributed by atoms with E-state index in [2.05, 4.69) is 29.2 Å². The Bertz CT molecular complexity index is 251. The molecule has 0 atom stereocenters. The van der Waals surface area contributed by atoms with Gasteiger partial charge in [-0.05, 0) is 6.54 Å². The van der Waals surface area contributed by atoms with Crippen LogP contribution in [0.4, 0.5) is 0 Å². The van der Waals surface area contributed by atoms with Crippen molar-refractivity contribution in [2.75, 3.05) is 26.7 Å². The summed E-state index contributed by atoms with van der Waals surface area (Å²) in [4.78, 5) is 2.25. The van der Waals surface area contributed by atoms with E-state index in [0.717, 1.165) is 26.7 Å². The normalized spacial score (nSPS) is 10.4. The quantitative estimate of drug-likeness (QED) is 0.554. The van der Waals surface area contributed by atoms with Crippen LogP contribution in [0.5, 0.6) is 0 Å². The zero-order valence-corrected chi connectivity index (χ0v) is 10.0. The molecule has 0 radical (unpaired) electrons. The molecule has 0 aliphatic heterocycles. The van der Waals surface area contributed by atoms with Crippen LogP contribution >= 0.6 is 0 Å². The summed E-state index contributed by atoms with van der Waals surface area (Å²) < 4.78 is 29.7. The summed E-state index contributed by atoms with van der Waals surface area (Å²) in [5.74, 6) is 0. The van der Waals surface area contributed by atoms with Crippen molar-refractivity contribution in [1.29, 1.82) is 0 Å². The molecule has 0 bridgehead atoms. The van der Waals surface area contributed by atoms with Crippen molar-refractivity contribution in [3.63, 3.8) is 0 Å². The first-order chi connectivity index (χ1) is 6.91. The highest BCUT2D eigenvalue weighted by Crippen LogP contribution is 1.86. The van der Waals surface area contributed by atoms with Crippen LogP contribution in [0.2, 0.25) is 0 Å². The summed E-state index contributed by atoms with van der Waals surface area (Å²) in [5, 5.41) is 0. The first-order valence-corrected chi connectivity index (χ1v) is 5.74. The molecule has 0 heterocycles. The minimum atomic E-state index is -4.16. The third kappa shape index (κ3) is 16.0. The Hall–Kier alpha value is -0.690. The van der Waals surface area contributed by atoms with Crippen LogP contribution in [0.15, 0.2) is 25.3 Å². The molecule has 0 aromatic rings. The summed E-state index contributed by atoms with van der Waals surface area (Å²) >= 11 is 0. The molecule has 0 aliphatic rings. The summed E-state index contributed by atoms with van der Waals surface area (Å²) in [5.41, 5.74) is 0. The van der Waals surface area contributed by atoms with Crippen LogP contribution in [-0.4, -0.2) is 44.6 Å². The van der Waals surface area contributed by atoms with E-state index in [1.54, 1.807) is 0 Å². The topological polar surface area (TPSA) is 66.8 Å². The lowest BCUT2D eigenvalue weighted by Gasteiger charge is -2.14. The standard InChI is InChI=1S/C8H15N.CH4O4S/c1-4-7-9(6-3)8-5-2;1-5-6(2,3)4/h4-5H,1-2,6-8H2,3H3;1H3,(H,2,3,4). The zero-order chi connectivity index (χ0) is 12.3. The minimum Gasteiger partial charge on any atom is -0.296 e. The third-order valence-corrected chi connectivity index (χ3v) is 1.85. The Kier molecular flexibility index (Phi) is 11.0. The van der Waals surface area contributed by atoms with E-state index in [9.17, 15) is 8.42 Å². The molecule has 0 unspecified atom stereocenters. The van der Waals surface area contributed by atoms with Gasteiger partial charge >= 0.3 is 10.4 Å². The summed E-state index contributed by atoms with van der Waals surface area (Å²) in [6, 6.07) is 0. The molecule has 90 valence electrons. The lowest BCUT2D eigenvalue weighted by Crippen LogP contribution is -2.22. The van der Waals surface area contributed by atoms with Gasteiger partial charge in [-0.3, -0.25) is 13.6 Å². The van der Waals surface area contributed by atoms with E-state index in [4.69, 9.17) is 4.55 Å². The maximum absolute atomic E-state index is 9.33. The Morgan fingerprint density at radius 1 is 1.33 bits per heavy atom. The molecule has 0 aromatic carbocycles. The lowest BCUT2D eigenvalue weighted by molar-refractivity contribution is 0.324. The van der Waals surface area contributed by atoms with Crippen molar-refractivity contribution in [3.05, 3.63) is 25.3 Å². The number of rotatable bonds is 6. The molecule has 0 spiro atoms. The maximum Gasteiger partial charge on any atom is 0.397 e. The van der Waals surface area contributed by atoms with Crippen LogP contribution in [0.25, 0.3) is 0 Å². The number of likely N-dealkylation sites (N-methyl/N-ethyl adjacent to an activating group) is 1. The first kappa shape index (κ1) is 16.7. The van der Waals surface area contributed by atoms with E-state index in [-0.39, 0.29) is 0 Å².